The van der Waals surface area contributed by atoms with Gasteiger partial charge in [0.05, 0.1) is 19.5 Å². The third kappa shape index (κ3) is 3.18. The third-order valence-electron chi connectivity index (χ3n) is 2.55. The molecule has 1 heterocycles. The van der Waals surface area contributed by atoms with E-state index in [1.807, 2.05) is 24.3 Å². The summed E-state index contributed by atoms with van der Waals surface area (Å²) in [4.78, 5) is 8.25. The molecule has 1 aromatic carbocycles. The van der Waals surface area contributed by atoms with Crippen LogP contribution >= 0.6 is 0 Å². The highest BCUT2D eigenvalue weighted by Gasteiger charge is 1.98. The van der Waals surface area contributed by atoms with Crippen molar-refractivity contribution in [3.05, 3.63) is 47.8 Å². The second-order valence-corrected chi connectivity index (χ2v) is 3.82. The molecule has 1 aromatic heterocycles. The molecule has 0 fully saturated rings. The first-order valence-electron chi connectivity index (χ1n) is 5.69. The number of ether oxygens (including phenoxy) is 1. The van der Waals surface area contributed by atoms with Gasteiger partial charge in [-0.15, -0.1) is 0 Å². The number of nitrogens with two attached hydrogens (primary N) is 1. The second kappa shape index (κ2) is 5.97. The highest BCUT2D eigenvalue weighted by atomic mass is 16.5. The highest BCUT2D eigenvalue weighted by molar-refractivity contribution is 5.35. The third-order valence-corrected chi connectivity index (χ3v) is 2.55. The van der Waals surface area contributed by atoms with Crippen LogP contribution in [0.3, 0.4) is 0 Å². The van der Waals surface area contributed by atoms with Gasteiger partial charge < -0.3 is 15.8 Å². The van der Waals surface area contributed by atoms with Gasteiger partial charge in [-0.05, 0) is 11.1 Å². The lowest BCUT2D eigenvalue weighted by molar-refractivity contribution is 0.396. The number of hydrogen-bond acceptors (Lipinski definition) is 5. The van der Waals surface area contributed by atoms with Crippen molar-refractivity contribution in [1.82, 2.24) is 9.97 Å². The first-order chi connectivity index (χ1) is 8.81. The molecule has 0 saturated heterocycles. The van der Waals surface area contributed by atoms with Crippen LogP contribution < -0.4 is 15.8 Å². The summed E-state index contributed by atoms with van der Waals surface area (Å²) in [6, 6.07) is 8.13. The number of nitrogens with one attached hydrogen (secondary N) is 1. The molecule has 5 nitrogen and oxygen atoms in total. The minimum atomic E-state index is 0.499. The predicted octanol–water partition coefficient (Wildman–Crippen LogP) is 1.56. The quantitative estimate of drug-likeness (QED) is 0.835. The van der Waals surface area contributed by atoms with Crippen LogP contribution in [0, 0.1) is 0 Å². The van der Waals surface area contributed by atoms with E-state index in [9.17, 15) is 0 Å². The van der Waals surface area contributed by atoms with E-state index in [0.717, 1.165) is 11.1 Å². The maximum Gasteiger partial charge on any atom is 0.233 e. The second-order valence-electron chi connectivity index (χ2n) is 3.82. The molecule has 0 spiro atoms. The van der Waals surface area contributed by atoms with Gasteiger partial charge in [-0.1, -0.05) is 24.3 Å². The maximum atomic E-state index is 5.55. The Morgan fingerprint density at radius 2 is 1.89 bits per heavy atom. The summed E-state index contributed by atoms with van der Waals surface area (Å²) in [6.45, 7) is 1.25. The topological polar surface area (TPSA) is 73.1 Å². The van der Waals surface area contributed by atoms with Gasteiger partial charge in [-0.2, -0.15) is 4.98 Å². The molecule has 0 saturated carbocycles. The van der Waals surface area contributed by atoms with Gasteiger partial charge in [0, 0.05) is 13.1 Å². The normalized spacial score (nSPS) is 10.1. The molecule has 0 radical (unpaired) electrons. The smallest absolute Gasteiger partial charge is 0.233 e. The van der Waals surface area contributed by atoms with Crippen LogP contribution in [0.15, 0.2) is 36.7 Å². The fourth-order valence-electron chi connectivity index (χ4n) is 1.52. The molecule has 0 aliphatic carbocycles. The molecule has 0 atom stereocenters. The fourth-order valence-corrected chi connectivity index (χ4v) is 1.52. The van der Waals surface area contributed by atoms with Crippen molar-refractivity contribution in [3.63, 3.8) is 0 Å². The Morgan fingerprint density at radius 1 is 1.17 bits per heavy atom. The van der Waals surface area contributed by atoms with Gasteiger partial charge in [-0.3, -0.25) is 4.98 Å². The van der Waals surface area contributed by atoms with Crippen molar-refractivity contribution in [3.8, 4) is 5.88 Å². The van der Waals surface area contributed by atoms with E-state index in [4.69, 9.17) is 10.5 Å². The van der Waals surface area contributed by atoms with E-state index >= 15 is 0 Å². The Labute approximate surface area is 106 Å². The van der Waals surface area contributed by atoms with Crippen molar-refractivity contribution < 1.29 is 4.74 Å². The van der Waals surface area contributed by atoms with Crippen LogP contribution in [0.1, 0.15) is 11.1 Å². The van der Waals surface area contributed by atoms with Gasteiger partial charge in [0.1, 0.15) is 5.82 Å². The zero-order valence-corrected chi connectivity index (χ0v) is 10.3. The molecule has 2 aromatic rings. The van der Waals surface area contributed by atoms with Crippen LogP contribution in [0.2, 0.25) is 0 Å². The number of aromatic nitrogens is 2. The van der Waals surface area contributed by atoms with Crippen molar-refractivity contribution in [2.45, 2.75) is 13.1 Å². The largest absolute Gasteiger partial charge is 0.480 e. The SMILES string of the molecule is COc1cncc(NCc2ccc(CN)cc2)n1. The minimum Gasteiger partial charge on any atom is -0.480 e. The summed E-state index contributed by atoms with van der Waals surface area (Å²) in [5.41, 5.74) is 7.84. The number of rotatable bonds is 5. The van der Waals surface area contributed by atoms with E-state index < -0.39 is 0 Å². The predicted molar refractivity (Wildman–Crippen MR) is 70.2 cm³/mol. The van der Waals surface area contributed by atoms with Gasteiger partial charge >= 0.3 is 0 Å². The zero-order chi connectivity index (χ0) is 12.8. The van der Waals surface area contributed by atoms with Crippen molar-refractivity contribution in [2.75, 3.05) is 12.4 Å². The number of benzene rings is 1. The summed E-state index contributed by atoms with van der Waals surface area (Å²) < 4.78 is 5.01. The van der Waals surface area contributed by atoms with Crippen LogP contribution in [-0.4, -0.2) is 17.1 Å². The first-order valence-corrected chi connectivity index (χ1v) is 5.69. The molecule has 3 N–H and O–H groups in total. The molecule has 0 amide bonds. The zero-order valence-electron chi connectivity index (χ0n) is 10.3. The van der Waals surface area contributed by atoms with Gasteiger partial charge in [0.15, 0.2) is 0 Å². The number of methoxy groups -OCH3 is 1. The van der Waals surface area contributed by atoms with E-state index in [1.54, 1.807) is 19.5 Å². The molecule has 0 unspecified atom stereocenters. The van der Waals surface area contributed by atoms with E-state index in [2.05, 4.69) is 15.3 Å². The number of nitrogens with zero attached hydrogens (tertiary/aromatic N) is 2. The molecule has 2 rings (SSSR count). The van der Waals surface area contributed by atoms with Gasteiger partial charge in [0.25, 0.3) is 0 Å². The van der Waals surface area contributed by atoms with Crippen LogP contribution in [0.4, 0.5) is 5.82 Å². The van der Waals surface area contributed by atoms with Gasteiger partial charge in [-0.25, -0.2) is 0 Å². The lowest BCUT2D eigenvalue weighted by atomic mass is 10.1. The van der Waals surface area contributed by atoms with Crippen LogP contribution in [0.5, 0.6) is 5.88 Å². The lowest BCUT2D eigenvalue weighted by Gasteiger charge is -2.07. The fraction of sp³-hybridized carbons (Fsp3) is 0.231. The Kier molecular flexibility index (Phi) is 4.09. The number of anilines is 1. The minimum absolute atomic E-state index is 0.499. The van der Waals surface area contributed by atoms with E-state index in [1.165, 1.54) is 0 Å². The first kappa shape index (κ1) is 12.3. The average molecular weight is 244 g/mol. The Morgan fingerprint density at radius 3 is 2.56 bits per heavy atom. The summed E-state index contributed by atoms with van der Waals surface area (Å²) in [6.07, 6.45) is 3.23. The molecular formula is C13H16N4O. The standard InChI is InChI=1S/C13H16N4O/c1-18-13-9-15-8-12(17-13)16-7-11-4-2-10(6-14)3-5-11/h2-5,8-9H,6-7,14H2,1H3,(H,16,17). The van der Waals surface area contributed by atoms with Crippen molar-refractivity contribution in [1.29, 1.82) is 0 Å². The summed E-state index contributed by atoms with van der Waals surface area (Å²) in [5.74, 6) is 1.19. The Bertz CT molecular complexity index is 499. The van der Waals surface area contributed by atoms with Crippen LogP contribution in [-0.2, 0) is 13.1 Å². The molecule has 0 bridgehead atoms. The van der Waals surface area contributed by atoms with Crippen molar-refractivity contribution >= 4 is 5.82 Å². The molecule has 94 valence electrons. The Hall–Kier alpha value is -2.14. The van der Waals surface area contributed by atoms with E-state index in [-0.39, 0.29) is 0 Å². The van der Waals surface area contributed by atoms with Crippen LogP contribution in [0.25, 0.3) is 0 Å². The molecule has 5 heteroatoms. The monoisotopic (exact) mass is 244 g/mol. The number of hydrogen-bond donors (Lipinski definition) is 2. The van der Waals surface area contributed by atoms with E-state index in [0.29, 0.717) is 24.8 Å². The van der Waals surface area contributed by atoms with Crippen molar-refractivity contribution in [2.24, 2.45) is 5.73 Å². The molecule has 18 heavy (non-hydrogen) atoms. The molecular weight excluding hydrogens is 228 g/mol. The average Bonchev–Trinajstić information content (AvgIpc) is 2.46. The maximum absolute atomic E-state index is 5.55. The summed E-state index contributed by atoms with van der Waals surface area (Å²) in [5, 5.41) is 3.19. The Balaban J connectivity index is 1.97. The highest BCUT2D eigenvalue weighted by Crippen LogP contribution is 2.10. The molecule has 0 aliphatic heterocycles. The summed E-state index contributed by atoms with van der Waals surface area (Å²) >= 11 is 0. The lowest BCUT2D eigenvalue weighted by Crippen LogP contribution is -2.03. The molecule has 0 aliphatic rings. The summed E-state index contributed by atoms with van der Waals surface area (Å²) in [7, 11) is 1.57. The van der Waals surface area contributed by atoms with Gasteiger partial charge in [0.2, 0.25) is 5.88 Å².